The maximum atomic E-state index is 13.5. The number of carbonyl (C=O) groups is 1. The Morgan fingerprint density at radius 1 is 1.17 bits per heavy atom. The van der Waals surface area contributed by atoms with Crippen LogP contribution in [-0.4, -0.2) is 11.2 Å². The van der Waals surface area contributed by atoms with Gasteiger partial charge >= 0.3 is 0 Å². The van der Waals surface area contributed by atoms with Gasteiger partial charge in [0.2, 0.25) is 5.91 Å². The number of hydrogen-bond donors (Lipinski definition) is 1. The van der Waals surface area contributed by atoms with Gasteiger partial charge in [0, 0.05) is 16.8 Å². The van der Waals surface area contributed by atoms with E-state index in [0.29, 0.717) is 11.3 Å². The van der Waals surface area contributed by atoms with Gasteiger partial charge in [-0.05, 0) is 36.8 Å². The van der Waals surface area contributed by atoms with Crippen LogP contribution in [0.5, 0.6) is 0 Å². The summed E-state index contributed by atoms with van der Waals surface area (Å²) in [6.07, 6.45) is 0. The SMILES string of the molecule is CC(SCc1ccc(F)cc1Cl)C(=O)Nc1cc(F)ccc1F. The molecule has 2 aromatic carbocycles. The number of amides is 1. The second-order valence-electron chi connectivity index (χ2n) is 4.80. The summed E-state index contributed by atoms with van der Waals surface area (Å²) >= 11 is 7.17. The van der Waals surface area contributed by atoms with Crippen LogP contribution in [0, 0.1) is 17.5 Å². The van der Waals surface area contributed by atoms with Crippen molar-refractivity contribution in [2.24, 2.45) is 0 Å². The van der Waals surface area contributed by atoms with Crippen molar-refractivity contribution in [2.45, 2.75) is 17.9 Å². The van der Waals surface area contributed by atoms with Gasteiger partial charge in [-0.2, -0.15) is 0 Å². The Morgan fingerprint density at radius 2 is 1.83 bits per heavy atom. The molecule has 122 valence electrons. The van der Waals surface area contributed by atoms with Crippen LogP contribution in [0.15, 0.2) is 36.4 Å². The highest BCUT2D eigenvalue weighted by atomic mass is 35.5. The third-order valence-corrected chi connectivity index (χ3v) is 4.60. The number of rotatable bonds is 5. The first kappa shape index (κ1) is 17.7. The molecule has 1 amide bonds. The Hall–Kier alpha value is -1.66. The van der Waals surface area contributed by atoms with Crippen molar-refractivity contribution >= 4 is 35.0 Å². The smallest absolute Gasteiger partial charge is 0.237 e. The third kappa shape index (κ3) is 4.91. The minimum absolute atomic E-state index is 0.206. The van der Waals surface area contributed by atoms with Gasteiger partial charge < -0.3 is 5.32 Å². The number of thioether (sulfide) groups is 1. The molecule has 23 heavy (non-hydrogen) atoms. The molecule has 7 heteroatoms. The monoisotopic (exact) mass is 359 g/mol. The van der Waals surface area contributed by atoms with E-state index in [1.165, 1.54) is 23.9 Å². The average Bonchev–Trinajstić information content (AvgIpc) is 2.49. The third-order valence-electron chi connectivity index (χ3n) is 3.06. The summed E-state index contributed by atoms with van der Waals surface area (Å²) < 4.78 is 39.5. The second kappa shape index (κ2) is 7.75. The van der Waals surface area contributed by atoms with Gasteiger partial charge in [-0.15, -0.1) is 11.8 Å². The lowest BCUT2D eigenvalue weighted by Gasteiger charge is -2.13. The van der Waals surface area contributed by atoms with Crippen LogP contribution >= 0.6 is 23.4 Å². The van der Waals surface area contributed by atoms with Crippen LogP contribution in [0.25, 0.3) is 0 Å². The average molecular weight is 360 g/mol. The van der Waals surface area contributed by atoms with Crippen molar-refractivity contribution in [3.05, 3.63) is 64.4 Å². The lowest BCUT2D eigenvalue weighted by atomic mass is 10.2. The van der Waals surface area contributed by atoms with Crippen molar-refractivity contribution < 1.29 is 18.0 Å². The van der Waals surface area contributed by atoms with Gasteiger partial charge in [0.05, 0.1) is 10.9 Å². The number of nitrogens with one attached hydrogen (secondary N) is 1. The molecule has 1 N–H and O–H groups in total. The highest BCUT2D eigenvalue weighted by Crippen LogP contribution is 2.25. The summed E-state index contributed by atoms with van der Waals surface area (Å²) in [4.78, 5) is 12.0. The van der Waals surface area contributed by atoms with Crippen LogP contribution in [0.3, 0.4) is 0 Å². The lowest BCUT2D eigenvalue weighted by molar-refractivity contribution is -0.115. The fraction of sp³-hybridized carbons (Fsp3) is 0.188. The molecule has 2 rings (SSSR count). The zero-order valence-electron chi connectivity index (χ0n) is 12.1. The minimum Gasteiger partial charge on any atom is -0.323 e. The van der Waals surface area contributed by atoms with Crippen LogP contribution in [0.2, 0.25) is 5.02 Å². The van der Waals surface area contributed by atoms with Crippen molar-refractivity contribution in [2.75, 3.05) is 5.32 Å². The molecule has 2 aromatic rings. The van der Waals surface area contributed by atoms with Crippen LogP contribution in [0.1, 0.15) is 12.5 Å². The molecule has 0 saturated heterocycles. The summed E-state index contributed by atoms with van der Waals surface area (Å²) in [7, 11) is 0. The number of carbonyl (C=O) groups excluding carboxylic acids is 1. The predicted molar refractivity (Wildman–Crippen MR) is 87.2 cm³/mol. The zero-order valence-corrected chi connectivity index (χ0v) is 13.6. The molecule has 0 aliphatic heterocycles. The van der Waals surface area contributed by atoms with Crippen LogP contribution in [-0.2, 0) is 10.5 Å². The molecule has 0 aliphatic carbocycles. The number of benzene rings is 2. The quantitative estimate of drug-likeness (QED) is 0.812. The largest absolute Gasteiger partial charge is 0.323 e. The van der Waals surface area contributed by atoms with Gasteiger partial charge in [0.25, 0.3) is 0 Å². The Morgan fingerprint density at radius 3 is 2.52 bits per heavy atom. The molecular weight excluding hydrogens is 347 g/mol. The second-order valence-corrected chi connectivity index (χ2v) is 6.54. The fourth-order valence-corrected chi connectivity index (χ4v) is 2.96. The lowest BCUT2D eigenvalue weighted by Crippen LogP contribution is -2.23. The zero-order chi connectivity index (χ0) is 17.0. The maximum Gasteiger partial charge on any atom is 0.237 e. The summed E-state index contributed by atoms with van der Waals surface area (Å²) in [5, 5.41) is 2.09. The topological polar surface area (TPSA) is 29.1 Å². The molecule has 0 radical (unpaired) electrons. The molecular formula is C16H13ClF3NOS. The van der Waals surface area contributed by atoms with E-state index in [0.717, 1.165) is 18.2 Å². The summed E-state index contributed by atoms with van der Waals surface area (Å²) in [5.41, 5.74) is 0.483. The van der Waals surface area contributed by atoms with Crippen molar-refractivity contribution in [1.29, 1.82) is 0 Å². The molecule has 0 aliphatic rings. The molecule has 0 aromatic heterocycles. The molecule has 0 spiro atoms. The van der Waals surface area contributed by atoms with Crippen molar-refractivity contribution in [1.82, 2.24) is 0 Å². The van der Waals surface area contributed by atoms with Gasteiger partial charge in [-0.3, -0.25) is 4.79 Å². The number of anilines is 1. The first-order chi connectivity index (χ1) is 10.9. The van der Waals surface area contributed by atoms with E-state index in [9.17, 15) is 18.0 Å². The van der Waals surface area contributed by atoms with E-state index >= 15 is 0 Å². The van der Waals surface area contributed by atoms with Gasteiger partial charge in [-0.1, -0.05) is 17.7 Å². The molecule has 0 saturated carbocycles. The van der Waals surface area contributed by atoms with E-state index in [1.807, 2.05) is 0 Å². The summed E-state index contributed by atoms with van der Waals surface area (Å²) in [6.45, 7) is 1.63. The van der Waals surface area contributed by atoms with Gasteiger partial charge in [0.15, 0.2) is 0 Å². The molecule has 2 nitrogen and oxygen atoms in total. The Kier molecular flexibility index (Phi) is 5.96. The van der Waals surface area contributed by atoms with Gasteiger partial charge in [-0.25, -0.2) is 13.2 Å². The van der Waals surface area contributed by atoms with E-state index in [2.05, 4.69) is 5.32 Å². The highest BCUT2D eigenvalue weighted by molar-refractivity contribution is 7.99. The van der Waals surface area contributed by atoms with Crippen LogP contribution < -0.4 is 5.32 Å². The Balaban J connectivity index is 1.96. The molecule has 1 atom stereocenters. The normalized spacial score (nSPS) is 12.0. The van der Waals surface area contributed by atoms with E-state index in [4.69, 9.17) is 11.6 Å². The standard InChI is InChI=1S/C16H13ClF3NOS/c1-9(23-8-10-2-3-11(18)6-13(10)17)16(22)21-15-7-12(19)4-5-14(15)20/h2-7,9H,8H2,1H3,(H,21,22). The van der Waals surface area contributed by atoms with Crippen molar-refractivity contribution in [3.63, 3.8) is 0 Å². The Bertz CT molecular complexity index is 726. The summed E-state index contributed by atoms with van der Waals surface area (Å²) in [5.74, 6) is -1.85. The van der Waals surface area contributed by atoms with E-state index in [1.54, 1.807) is 13.0 Å². The maximum absolute atomic E-state index is 13.5. The molecule has 0 heterocycles. The predicted octanol–water partition coefficient (Wildman–Crippen LogP) is 5.02. The van der Waals surface area contributed by atoms with Gasteiger partial charge in [0.1, 0.15) is 17.5 Å². The van der Waals surface area contributed by atoms with E-state index in [-0.39, 0.29) is 10.7 Å². The molecule has 1 unspecified atom stereocenters. The van der Waals surface area contributed by atoms with E-state index < -0.39 is 28.6 Å². The molecule has 0 fully saturated rings. The Labute approximate surface area is 141 Å². The number of hydrogen-bond acceptors (Lipinski definition) is 2. The first-order valence-electron chi connectivity index (χ1n) is 6.68. The minimum atomic E-state index is -0.710. The number of halogens is 4. The fourth-order valence-electron chi connectivity index (χ4n) is 1.76. The summed E-state index contributed by atoms with van der Waals surface area (Å²) in [6, 6.07) is 6.86. The van der Waals surface area contributed by atoms with Crippen LogP contribution in [0.4, 0.5) is 18.9 Å². The molecule has 0 bridgehead atoms. The van der Waals surface area contributed by atoms with Crippen molar-refractivity contribution in [3.8, 4) is 0 Å². The highest BCUT2D eigenvalue weighted by Gasteiger charge is 2.16. The first-order valence-corrected chi connectivity index (χ1v) is 8.11.